The monoisotopic (exact) mass is 331 g/mol. The summed E-state index contributed by atoms with van der Waals surface area (Å²) >= 11 is 5.89. The molecule has 1 aromatic heterocycles. The summed E-state index contributed by atoms with van der Waals surface area (Å²) < 4.78 is 0. The highest BCUT2D eigenvalue weighted by atomic mass is 35.5. The van der Waals surface area contributed by atoms with Crippen molar-refractivity contribution in [1.82, 2.24) is 9.88 Å². The lowest BCUT2D eigenvalue weighted by molar-refractivity contribution is -0.144. The van der Waals surface area contributed by atoms with E-state index in [1.54, 1.807) is 12.1 Å². The Morgan fingerprint density at radius 1 is 1.17 bits per heavy atom. The smallest absolute Gasteiger partial charge is 0.314 e. The minimum atomic E-state index is -0.732. The van der Waals surface area contributed by atoms with Gasteiger partial charge >= 0.3 is 11.8 Å². The molecule has 2 rings (SSSR count). The van der Waals surface area contributed by atoms with E-state index in [0.29, 0.717) is 12.2 Å². The van der Waals surface area contributed by atoms with E-state index in [4.69, 9.17) is 11.6 Å². The minimum Gasteiger partial charge on any atom is -0.328 e. The van der Waals surface area contributed by atoms with Crippen molar-refractivity contribution in [3.05, 3.63) is 59.4 Å². The predicted molar refractivity (Wildman–Crippen MR) is 90.0 cm³/mol. The molecule has 0 radical (unpaired) electrons. The van der Waals surface area contributed by atoms with Crippen LogP contribution in [-0.4, -0.2) is 27.7 Å². The molecule has 23 heavy (non-hydrogen) atoms. The van der Waals surface area contributed by atoms with Crippen LogP contribution in [0.1, 0.15) is 19.4 Å². The quantitative estimate of drug-likeness (QED) is 0.691. The Labute approximate surface area is 140 Å². The van der Waals surface area contributed by atoms with Crippen molar-refractivity contribution in [3.63, 3.8) is 0 Å². The fourth-order valence-electron chi connectivity index (χ4n) is 2.05. The number of carbonyl (C=O) groups is 2. The topological polar surface area (TPSA) is 62.3 Å². The third-order valence-electron chi connectivity index (χ3n) is 3.28. The number of nitrogens with zero attached hydrogens (tertiary/aromatic N) is 2. The fraction of sp³-hybridized carbons (Fsp3) is 0.235. The van der Waals surface area contributed by atoms with Crippen LogP contribution in [-0.2, 0) is 16.1 Å². The Morgan fingerprint density at radius 3 is 2.48 bits per heavy atom. The maximum Gasteiger partial charge on any atom is 0.314 e. The zero-order chi connectivity index (χ0) is 16.8. The Bertz CT molecular complexity index is 689. The molecule has 0 spiro atoms. The van der Waals surface area contributed by atoms with Crippen LogP contribution in [0.25, 0.3) is 0 Å². The summed E-state index contributed by atoms with van der Waals surface area (Å²) in [5, 5.41) is 2.65. The molecule has 120 valence electrons. The highest BCUT2D eigenvalue weighted by Gasteiger charge is 2.25. The summed E-state index contributed by atoms with van der Waals surface area (Å²) in [5.74, 6) is -1.34. The van der Waals surface area contributed by atoms with Gasteiger partial charge in [0, 0.05) is 18.8 Å². The van der Waals surface area contributed by atoms with Crippen LogP contribution in [0.3, 0.4) is 0 Å². The Balaban J connectivity index is 2.11. The van der Waals surface area contributed by atoms with Gasteiger partial charge in [0.05, 0.1) is 5.69 Å². The summed E-state index contributed by atoms with van der Waals surface area (Å²) in [7, 11) is 0. The third-order valence-corrected chi connectivity index (χ3v) is 3.58. The molecule has 0 saturated carbocycles. The molecule has 0 atom stereocenters. The van der Waals surface area contributed by atoms with Crippen molar-refractivity contribution in [1.29, 1.82) is 0 Å². The molecule has 0 aliphatic carbocycles. The Hall–Kier alpha value is -2.40. The van der Waals surface area contributed by atoms with Gasteiger partial charge in [-0.15, -0.1) is 0 Å². The van der Waals surface area contributed by atoms with Crippen LogP contribution in [0.2, 0.25) is 5.15 Å². The Morgan fingerprint density at radius 2 is 1.87 bits per heavy atom. The van der Waals surface area contributed by atoms with Crippen molar-refractivity contribution in [3.8, 4) is 0 Å². The van der Waals surface area contributed by atoms with Crippen LogP contribution < -0.4 is 5.32 Å². The van der Waals surface area contributed by atoms with Gasteiger partial charge < -0.3 is 10.2 Å². The van der Waals surface area contributed by atoms with Gasteiger partial charge in [-0.1, -0.05) is 41.9 Å². The molecule has 1 N–H and O–H groups in total. The number of hydrogen-bond acceptors (Lipinski definition) is 3. The number of carbonyl (C=O) groups excluding carboxylic acids is 2. The van der Waals surface area contributed by atoms with Crippen molar-refractivity contribution in [2.45, 2.75) is 26.4 Å². The molecular weight excluding hydrogens is 314 g/mol. The highest BCUT2D eigenvalue weighted by Crippen LogP contribution is 2.18. The van der Waals surface area contributed by atoms with Gasteiger partial charge in [-0.05, 0) is 31.5 Å². The number of amides is 2. The number of nitrogens with one attached hydrogen (secondary N) is 1. The summed E-state index contributed by atoms with van der Waals surface area (Å²) in [6.45, 7) is 4.10. The second-order valence-corrected chi connectivity index (χ2v) is 5.67. The SMILES string of the molecule is CC(C)N(Cc1ccccc1)C(=O)C(=O)Nc1cccnc1Cl. The molecule has 0 aliphatic rings. The molecule has 2 aromatic rings. The van der Waals surface area contributed by atoms with E-state index in [2.05, 4.69) is 10.3 Å². The van der Waals surface area contributed by atoms with E-state index in [9.17, 15) is 9.59 Å². The average molecular weight is 332 g/mol. The van der Waals surface area contributed by atoms with Crippen molar-refractivity contribution in [2.75, 3.05) is 5.32 Å². The lowest BCUT2D eigenvalue weighted by Crippen LogP contribution is -2.43. The van der Waals surface area contributed by atoms with Crippen LogP contribution in [0.15, 0.2) is 48.7 Å². The average Bonchev–Trinajstić information content (AvgIpc) is 2.54. The molecular formula is C17H18ClN3O2. The summed E-state index contributed by atoms with van der Waals surface area (Å²) in [6.07, 6.45) is 1.51. The van der Waals surface area contributed by atoms with Crippen molar-refractivity contribution < 1.29 is 9.59 Å². The number of halogens is 1. The molecule has 0 saturated heterocycles. The molecule has 0 unspecified atom stereocenters. The molecule has 2 amide bonds. The molecule has 0 fully saturated rings. The molecule has 0 bridgehead atoms. The zero-order valence-electron chi connectivity index (χ0n) is 13.0. The van der Waals surface area contributed by atoms with Crippen molar-refractivity contribution >= 4 is 29.1 Å². The summed E-state index contributed by atoms with van der Waals surface area (Å²) in [5.41, 5.74) is 1.28. The number of pyridine rings is 1. The van der Waals surface area contributed by atoms with E-state index in [0.717, 1.165) is 5.56 Å². The molecule has 0 aliphatic heterocycles. The van der Waals surface area contributed by atoms with Crippen LogP contribution >= 0.6 is 11.6 Å². The molecule has 5 nitrogen and oxygen atoms in total. The van der Waals surface area contributed by atoms with Gasteiger partial charge in [-0.2, -0.15) is 0 Å². The van der Waals surface area contributed by atoms with E-state index < -0.39 is 11.8 Å². The largest absolute Gasteiger partial charge is 0.328 e. The third kappa shape index (κ3) is 4.53. The maximum absolute atomic E-state index is 12.5. The van der Waals surface area contributed by atoms with Crippen LogP contribution in [0.4, 0.5) is 5.69 Å². The van der Waals surface area contributed by atoms with Crippen molar-refractivity contribution in [2.24, 2.45) is 0 Å². The number of aromatic nitrogens is 1. The second kappa shape index (κ2) is 7.74. The first-order chi connectivity index (χ1) is 11.0. The molecule has 1 heterocycles. The zero-order valence-corrected chi connectivity index (χ0v) is 13.7. The van der Waals surface area contributed by atoms with E-state index in [1.807, 2.05) is 44.2 Å². The van der Waals surface area contributed by atoms with E-state index >= 15 is 0 Å². The number of rotatable bonds is 4. The van der Waals surface area contributed by atoms with E-state index in [-0.39, 0.29) is 11.2 Å². The Kier molecular flexibility index (Phi) is 5.71. The molecule has 1 aromatic carbocycles. The van der Waals surface area contributed by atoms with Gasteiger partial charge in [0.1, 0.15) is 0 Å². The summed E-state index contributed by atoms with van der Waals surface area (Å²) in [4.78, 5) is 30.0. The fourth-order valence-corrected chi connectivity index (χ4v) is 2.22. The first kappa shape index (κ1) is 17.0. The minimum absolute atomic E-state index is 0.113. The van der Waals surface area contributed by atoms with Gasteiger partial charge in [0.2, 0.25) is 0 Å². The number of hydrogen-bond donors (Lipinski definition) is 1. The number of benzene rings is 1. The number of anilines is 1. The van der Waals surface area contributed by atoms with E-state index in [1.165, 1.54) is 11.1 Å². The summed E-state index contributed by atoms with van der Waals surface area (Å²) in [6, 6.07) is 12.6. The second-order valence-electron chi connectivity index (χ2n) is 5.31. The lowest BCUT2D eigenvalue weighted by Gasteiger charge is -2.26. The van der Waals surface area contributed by atoms with Crippen LogP contribution in [0, 0.1) is 0 Å². The predicted octanol–water partition coefficient (Wildman–Crippen LogP) is 3.11. The van der Waals surface area contributed by atoms with Gasteiger partial charge in [0.15, 0.2) is 5.15 Å². The maximum atomic E-state index is 12.5. The van der Waals surface area contributed by atoms with Gasteiger partial charge in [-0.25, -0.2) is 4.98 Å². The standard InChI is InChI=1S/C17H18ClN3O2/c1-12(2)21(11-13-7-4-3-5-8-13)17(23)16(22)20-14-9-6-10-19-15(14)18/h3-10,12H,11H2,1-2H3,(H,20,22). The first-order valence-electron chi connectivity index (χ1n) is 7.25. The highest BCUT2D eigenvalue weighted by molar-refractivity contribution is 6.41. The van der Waals surface area contributed by atoms with Crippen LogP contribution in [0.5, 0.6) is 0 Å². The van der Waals surface area contributed by atoms with Gasteiger partial charge in [-0.3, -0.25) is 9.59 Å². The normalized spacial score (nSPS) is 10.4. The first-order valence-corrected chi connectivity index (χ1v) is 7.63. The van der Waals surface area contributed by atoms with Gasteiger partial charge in [0.25, 0.3) is 0 Å². The molecule has 6 heteroatoms. The lowest BCUT2D eigenvalue weighted by atomic mass is 10.2.